The van der Waals surface area contributed by atoms with Crippen molar-refractivity contribution in [3.05, 3.63) is 46.7 Å². The molecular weight excluding hydrogens is 306 g/mol. The normalized spacial score (nSPS) is 21.1. The molecule has 0 aromatic heterocycles. The number of aliphatic hydroxyl groups is 1. The molecule has 120 valence electrons. The first-order chi connectivity index (χ1) is 10.6. The van der Waals surface area contributed by atoms with Gasteiger partial charge in [-0.05, 0) is 36.6 Å². The minimum absolute atomic E-state index is 0.0173. The zero-order valence-corrected chi connectivity index (χ0v) is 13.0. The van der Waals surface area contributed by atoms with Crippen LogP contribution in [-0.2, 0) is 14.3 Å². The summed E-state index contributed by atoms with van der Waals surface area (Å²) in [5.74, 6) is -0.502. The number of aliphatic hydroxyl groups excluding tert-OH is 1. The van der Waals surface area contributed by atoms with Gasteiger partial charge < -0.3 is 20.3 Å². The molecule has 1 aliphatic rings. The fourth-order valence-corrected chi connectivity index (χ4v) is 2.43. The maximum atomic E-state index is 11.4. The van der Waals surface area contributed by atoms with Crippen LogP contribution < -0.4 is 5.73 Å². The van der Waals surface area contributed by atoms with Crippen LogP contribution in [0.3, 0.4) is 0 Å². The summed E-state index contributed by atoms with van der Waals surface area (Å²) in [5.41, 5.74) is 6.35. The largest absolute Gasteiger partial charge is 0.459 e. The molecular formula is C16H20ClNO4. The van der Waals surface area contributed by atoms with Gasteiger partial charge in [-0.15, -0.1) is 0 Å². The van der Waals surface area contributed by atoms with E-state index in [1.165, 1.54) is 0 Å². The van der Waals surface area contributed by atoms with Crippen LogP contribution in [0.15, 0.2) is 36.1 Å². The molecule has 0 bridgehead atoms. The quantitative estimate of drug-likeness (QED) is 0.754. The number of hydrogen-bond donors (Lipinski definition) is 2. The zero-order valence-electron chi connectivity index (χ0n) is 12.2. The van der Waals surface area contributed by atoms with Gasteiger partial charge in [-0.25, -0.2) is 0 Å². The minimum atomic E-state index is -0.609. The van der Waals surface area contributed by atoms with Gasteiger partial charge in [0.1, 0.15) is 0 Å². The summed E-state index contributed by atoms with van der Waals surface area (Å²) in [5, 5.41) is 9.42. The van der Waals surface area contributed by atoms with E-state index in [-0.39, 0.29) is 18.3 Å². The number of nitrogens with two attached hydrogens (primary N) is 1. The summed E-state index contributed by atoms with van der Waals surface area (Å²) in [6, 6.07) is 7.44. The number of benzene rings is 1. The van der Waals surface area contributed by atoms with Crippen molar-refractivity contribution in [2.24, 2.45) is 5.73 Å². The Hall–Kier alpha value is -1.56. The number of halogens is 1. The average molecular weight is 326 g/mol. The number of carbonyl (C=O) groups excluding carboxylic acids is 1. The van der Waals surface area contributed by atoms with Gasteiger partial charge in [-0.1, -0.05) is 23.7 Å². The van der Waals surface area contributed by atoms with Crippen LogP contribution in [0.4, 0.5) is 0 Å². The molecule has 1 aromatic rings. The number of allylic oxidation sites excluding steroid dienone is 1. The number of carbonyl (C=O) groups is 1. The van der Waals surface area contributed by atoms with Crippen LogP contribution in [-0.4, -0.2) is 30.5 Å². The van der Waals surface area contributed by atoms with E-state index in [0.717, 1.165) is 12.0 Å². The topological polar surface area (TPSA) is 81.8 Å². The Labute approximate surface area is 134 Å². The maximum Gasteiger partial charge on any atom is 0.283 e. The summed E-state index contributed by atoms with van der Waals surface area (Å²) < 4.78 is 11.1. The minimum Gasteiger partial charge on any atom is -0.459 e. The maximum absolute atomic E-state index is 11.4. The van der Waals surface area contributed by atoms with Gasteiger partial charge >= 0.3 is 0 Å². The molecule has 1 amide bonds. The van der Waals surface area contributed by atoms with Gasteiger partial charge in [0.2, 0.25) is 6.29 Å². The molecule has 0 aliphatic carbocycles. The monoisotopic (exact) mass is 325 g/mol. The second-order valence-corrected chi connectivity index (χ2v) is 5.57. The van der Waals surface area contributed by atoms with E-state index in [9.17, 15) is 4.79 Å². The Balaban J connectivity index is 2.06. The van der Waals surface area contributed by atoms with Crippen molar-refractivity contribution in [1.82, 2.24) is 0 Å². The third kappa shape index (κ3) is 4.73. The molecule has 3 N–H and O–H groups in total. The molecule has 0 unspecified atom stereocenters. The van der Waals surface area contributed by atoms with Gasteiger partial charge in [0.05, 0.1) is 6.61 Å². The first-order valence-corrected chi connectivity index (χ1v) is 7.64. The summed E-state index contributed by atoms with van der Waals surface area (Å²) in [6.45, 7) is 0.597. The Morgan fingerprint density at radius 1 is 1.36 bits per heavy atom. The first kappa shape index (κ1) is 16.8. The van der Waals surface area contributed by atoms with Crippen molar-refractivity contribution >= 4 is 17.5 Å². The molecule has 0 spiro atoms. The molecule has 0 radical (unpaired) electrons. The number of amides is 1. The van der Waals surface area contributed by atoms with Crippen molar-refractivity contribution in [2.45, 2.75) is 31.5 Å². The zero-order chi connectivity index (χ0) is 15.9. The van der Waals surface area contributed by atoms with E-state index in [2.05, 4.69) is 0 Å². The second kappa shape index (κ2) is 8.17. The van der Waals surface area contributed by atoms with Gasteiger partial charge in [0.15, 0.2) is 5.76 Å². The highest BCUT2D eigenvalue weighted by Crippen LogP contribution is 2.31. The van der Waals surface area contributed by atoms with Gasteiger partial charge in [0, 0.05) is 24.0 Å². The summed E-state index contributed by atoms with van der Waals surface area (Å²) in [4.78, 5) is 11.4. The lowest BCUT2D eigenvalue weighted by molar-refractivity contribution is -0.144. The van der Waals surface area contributed by atoms with Crippen molar-refractivity contribution < 1.29 is 19.4 Å². The van der Waals surface area contributed by atoms with E-state index in [1.807, 2.05) is 12.1 Å². The number of unbranched alkanes of at least 4 members (excludes halogenated alkanes) is 1. The van der Waals surface area contributed by atoms with Crippen molar-refractivity contribution in [1.29, 1.82) is 0 Å². The smallest absolute Gasteiger partial charge is 0.283 e. The third-order valence-corrected chi connectivity index (χ3v) is 3.71. The molecule has 0 saturated carbocycles. The van der Waals surface area contributed by atoms with E-state index in [0.29, 0.717) is 24.5 Å². The number of primary amides is 1. The summed E-state index contributed by atoms with van der Waals surface area (Å²) in [7, 11) is 0. The molecule has 1 aromatic carbocycles. The highest BCUT2D eigenvalue weighted by atomic mass is 35.5. The molecule has 1 aliphatic heterocycles. The predicted molar refractivity (Wildman–Crippen MR) is 83.2 cm³/mol. The van der Waals surface area contributed by atoms with E-state index in [4.69, 9.17) is 31.9 Å². The van der Waals surface area contributed by atoms with Gasteiger partial charge in [-0.2, -0.15) is 0 Å². The lowest BCUT2D eigenvalue weighted by Crippen LogP contribution is -2.29. The van der Waals surface area contributed by atoms with Crippen LogP contribution in [0.2, 0.25) is 5.02 Å². The fraction of sp³-hybridized carbons (Fsp3) is 0.438. The average Bonchev–Trinajstić information content (AvgIpc) is 2.52. The summed E-state index contributed by atoms with van der Waals surface area (Å²) >= 11 is 5.90. The lowest BCUT2D eigenvalue weighted by Gasteiger charge is -2.28. The molecule has 0 fully saturated rings. The van der Waals surface area contributed by atoms with Crippen LogP contribution in [0.25, 0.3) is 0 Å². The van der Waals surface area contributed by atoms with Gasteiger partial charge in [0.25, 0.3) is 5.91 Å². The number of ether oxygens (including phenoxy) is 2. The standard InChI is InChI=1S/C16H20ClNO4/c17-13-5-3-11(4-6-13)12-9-14(16(18)20)22-15(10-12)21-8-2-1-7-19/h3-6,9,12,15,19H,1-2,7-8,10H2,(H2,18,20)/t12-,15+/m1/s1. The Bertz CT molecular complexity index is 529. The molecule has 5 nitrogen and oxygen atoms in total. The van der Waals surface area contributed by atoms with E-state index in [1.54, 1.807) is 18.2 Å². The summed E-state index contributed by atoms with van der Waals surface area (Å²) in [6.07, 6.45) is 3.20. The molecule has 2 atom stereocenters. The lowest BCUT2D eigenvalue weighted by atomic mass is 9.93. The highest BCUT2D eigenvalue weighted by molar-refractivity contribution is 6.30. The SMILES string of the molecule is NC(=O)C1=C[C@@H](c2ccc(Cl)cc2)C[C@@H](OCCCCO)O1. The second-order valence-electron chi connectivity index (χ2n) is 5.14. The van der Waals surface area contributed by atoms with Crippen LogP contribution in [0.5, 0.6) is 0 Å². The van der Waals surface area contributed by atoms with E-state index >= 15 is 0 Å². The Morgan fingerprint density at radius 2 is 2.09 bits per heavy atom. The van der Waals surface area contributed by atoms with Crippen molar-refractivity contribution in [3.8, 4) is 0 Å². The molecule has 0 saturated heterocycles. The van der Waals surface area contributed by atoms with Gasteiger partial charge in [-0.3, -0.25) is 4.79 Å². The first-order valence-electron chi connectivity index (χ1n) is 7.26. The number of rotatable bonds is 7. The van der Waals surface area contributed by atoms with Crippen LogP contribution in [0, 0.1) is 0 Å². The third-order valence-electron chi connectivity index (χ3n) is 3.45. The molecule has 22 heavy (non-hydrogen) atoms. The van der Waals surface area contributed by atoms with Crippen LogP contribution in [0.1, 0.15) is 30.7 Å². The van der Waals surface area contributed by atoms with Crippen molar-refractivity contribution in [3.63, 3.8) is 0 Å². The Morgan fingerprint density at radius 3 is 2.73 bits per heavy atom. The van der Waals surface area contributed by atoms with Crippen LogP contribution >= 0.6 is 11.6 Å². The fourth-order valence-electron chi connectivity index (χ4n) is 2.30. The number of hydrogen-bond acceptors (Lipinski definition) is 4. The molecule has 2 rings (SSSR count). The molecule has 6 heteroatoms. The van der Waals surface area contributed by atoms with Crippen molar-refractivity contribution in [2.75, 3.05) is 13.2 Å². The predicted octanol–water partition coefficient (Wildman–Crippen LogP) is 2.33. The Kier molecular flexibility index (Phi) is 6.24. The molecule has 1 heterocycles. The van der Waals surface area contributed by atoms with E-state index < -0.39 is 12.2 Å². The highest BCUT2D eigenvalue weighted by Gasteiger charge is 2.27.